The Morgan fingerprint density at radius 1 is 1.28 bits per heavy atom. The molecule has 1 aromatic rings. The van der Waals surface area contributed by atoms with Crippen LogP contribution in [0, 0.1) is 28.9 Å². The summed E-state index contributed by atoms with van der Waals surface area (Å²) in [5.74, 6) is -0.808. The molecule has 0 amide bonds. The van der Waals surface area contributed by atoms with Gasteiger partial charge in [-0.3, -0.25) is 0 Å². The van der Waals surface area contributed by atoms with Crippen molar-refractivity contribution in [2.75, 3.05) is 24.5 Å². The minimum atomic E-state index is -0.640. The van der Waals surface area contributed by atoms with Crippen LogP contribution < -0.4 is 10.2 Å². The van der Waals surface area contributed by atoms with Crippen molar-refractivity contribution in [1.29, 1.82) is 5.26 Å². The smallest absolute Gasteiger partial charge is 0.150 e. The van der Waals surface area contributed by atoms with Crippen LogP contribution in [0.1, 0.15) is 12.0 Å². The van der Waals surface area contributed by atoms with Crippen LogP contribution in [0.5, 0.6) is 0 Å². The first-order valence-electron chi connectivity index (χ1n) is 6.07. The van der Waals surface area contributed by atoms with Gasteiger partial charge in [-0.25, -0.2) is 8.78 Å². The zero-order valence-electron chi connectivity index (χ0n) is 9.79. The highest BCUT2D eigenvalue weighted by atomic mass is 19.1. The fourth-order valence-electron chi connectivity index (χ4n) is 3.03. The van der Waals surface area contributed by atoms with Crippen molar-refractivity contribution in [2.45, 2.75) is 12.5 Å². The normalized spacial score (nSPS) is 26.2. The highest BCUT2D eigenvalue weighted by molar-refractivity contribution is 5.54. The first kappa shape index (κ1) is 11.4. The van der Waals surface area contributed by atoms with E-state index in [0.29, 0.717) is 12.5 Å². The van der Waals surface area contributed by atoms with E-state index >= 15 is 0 Å². The van der Waals surface area contributed by atoms with Gasteiger partial charge in [-0.1, -0.05) is 0 Å². The molecular formula is C13H13F2N3. The maximum Gasteiger partial charge on any atom is 0.150 e. The van der Waals surface area contributed by atoms with Crippen LogP contribution in [0.3, 0.4) is 0 Å². The number of anilines is 1. The van der Waals surface area contributed by atoms with Gasteiger partial charge in [-0.15, -0.1) is 0 Å². The van der Waals surface area contributed by atoms with E-state index in [1.807, 2.05) is 0 Å². The molecular weight excluding hydrogens is 236 g/mol. The lowest BCUT2D eigenvalue weighted by atomic mass is 10.0. The molecule has 0 saturated carbocycles. The van der Waals surface area contributed by atoms with Crippen LogP contribution in [-0.2, 0) is 0 Å². The molecule has 18 heavy (non-hydrogen) atoms. The molecule has 0 aromatic heterocycles. The van der Waals surface area contributed by atoms with Crippen molar-refractivity contribution in [3.8, 4) is 6.07 Å². The van der Waals surface area contributed by atoms with E-state index in [4.69, 9.17) is 5.26 Å². The van der Waals surface area contributed by atoms with Gasteiger partial charge in [-0.2, -0.15) is 5.26 Å². The highest BCUT2D eigenvalue weighted by Crippen LogP contribution is 2.35. The molecule has 0 bridgehead atoms. The summed E-state index contributed by atoms with van der Waals surface area (Å²) < 4.78 is 27.9. The van der Waals surface area contributed by atoms with E-state index in [1.165, 1.54) is 0 Å². The molecule has 0 aliphatic carbocycles. The number of hydrogen-bond donors (Lipinski definition) is 1. The molecule has 5 heteroatoms. The minimum Gasteiger partial charge on any atom is -0.362 e. The van der Waals surface area contributed by atoms with Crippen LogP contribution >= 0.6 is 0 Å². The molecule has 0 spiro atoms. The van der Waals surface area contributed by atoms with Crippen molar-refractivity contribution in [1.82, 2.24) is 5.32 Å². The van der Waals surface area contributed by atoms with Gasteiger partial charge in [0.2, 0.25) is 0 Å². The van der Waals surface area contributed by atoms with Gasteiger partial charge >= 0.3 is 0 Å². The SMILES string of the molecule is N#Cc1cc(F)c(N2CC[C@H]3CNC[C@H]32)c(F)c1. The Bertz CT molecular complexity index is 500. The van der Waals surface area contributed by atoms with Crippen LogP contribution in [0.4, 0.5) is 14.5 Å². The molecule has 0 radical (unpaired) electrons. The molecule has 2 heterocycles. The lowest BCUT2D eigenvalue weighted by Gasteiger charge is -2.26. The van der Waals surface area contributed by atoms with Crippen molar-refractivity contribution < 1.29 is 8.78 Å². The van der Waals surface area contributed by atoms with Crippen LogP contribution in [0.2, 0.25) is 0 Å². The summed E-state index contributed by atoms with van der Waals surface area (Å²) in [6.07, 6.45) is 0.955. The Hall–Kier alpha value is -1.67. The standard InChI is InChI=1S/C13H13F2N3/c14-10-3-8(5-16)4-11(15)13(10)18-2-1-9-6-17-7-12(9)18/h3-4,9,12,17H,1-2,6-7H2/t9-,12+/m0/s1. The molecule has 2 saturated heterocycles. The average molecular weight is 249 g/mol. The van der Waals surface area contributed by atoms with Gasteiger partial charge in [0, 0.05) is 25.7 Å². The van der Waals surface area contributed by atoms with Crippen molar-refractivity contribution in [2.24, 2.45) is 5.92 Å². The number of halogens is 2. The predicted molar refractivity (Wildman–Crippen MR) is 63.2 cm³/mol. The van der Waals surface area contributed by atoms with Gasteiger partial charge in [0.15, 0.2) is 11.6 Å². The van der Waals surface area contributed by atoms with Crippen LogP contribution in [-0.4, -0.2) is 25.7 Å². The number of nitrogens with zero attached hydrogens (tertiary/aromatic N) is 2. The topological polar surface area (TPSA) is 39.1 Å². The fraction of sp³-hybridized carbons (Fsp3) is 0.462. The zero-order chi connectivity index (χ0) is 12.7. The quantitative estimate of drug-likeness (QED) is 0.822. The Morgan fingerprint density at radius 2 is 2.00 bits per heavy atom. The second-order valence-electron chi connectivity index (χ2n) is 4.87. The lowest BCUT2D eigenvalue weighted by molar-refractivity contribution is 0.548. The molecule has 94 valence electrons. The summed E-state index contributed by atoms with van der Waals surface area (Å²) in [5.41, 5.74) is 0.0410. The molecule has 1 aromatic carbocycles. The second-order valence-corrected chi connectivity index (χ2v) is 4.87. The summed E-state index contributed by atoms with van der Waals surface area (Å²) in [7, 11) is 0. The number of rotatable bonds is 1. The minimum absolute atomic E-state index is 0.0187. The maximum absolute atomic E-state index is 14.0. The molecule has 3 rings (SSSR count). The largest absolute Gasteiger partial charge is 0.362 e. The number of benzene rings is 1. The van der Waals surface area contributed by atoms with Crippen molar-refractivity contribution in [3.63, 3.8) is 0 Å². The Labute approximate surface area is 104 Å². The number of hydrogen-bond acceptors (Lipinski definition) is 3. The van der Waals surface area contributed by atoms with E-state index in [9.17, 15) is 8.78 Å². The second kappa shape index (κ2) is 4.21. The van der Waals surface area contributed by atoms with E-state index < -0.39 is 11.6 Å². The van der Waals surface area contributed by atoms with Gasteiger partial charge in [0.25, 0.3) is 0 Å². The van der Waals surface area contributed by atoms with E-state index in [1.54, 1.807) is 11.0 Å². The third-order valence-electron chi connectivity index (χ3n) is 3.88. The van der Waals surface area contributed by atoms with E-state index in [0.717, 1.165) is 31.6 Å². The summed E-state index contributed by atoms with van der Waals surface area (Å²) in [4.78, 5) is 1.80. The molecule has 1 N–H and O–H groups in total. The molecule has 2 aliphatic rings. The van der Waals surface area contributed by atoms with Crippen molar-refractivity contribution in [3.05, 3.63) is 29.3 Å². The third kappa shape index (κ3) is 1.65. The summed E-state index contributed by atoms with van der Waals surface area (Å²) in [6, 6.07) is 4.14. The number of nitriles is 1. The summed E-state index contributed by atoms with van der Waals surface area (Å²) in [5, 5.41) is 11.9. The van der Waals surface area contributed by atoms with Crippen LogP contribution in [0.15, 0.2) is 12.1 Å². The molecule has 2 fully saturated rings. The van der Waals surface area contributed by atoms with Gasteiger partial charge in [0.05, 0.1) is 11.6 Å². The third-order valence-corrected chi connectivity index (χ3v) is 3.88. The Kier molecular flexibility index (Phi) is 2.67. The number of fused-ring (bicyclic) bond motifs is 1. The van der Waals surface area contributed by atoms with Crippen molar-refractivity contribution >= 4 is 5.69 Å². The Balaban J connectivity index is 2.00. The van der Waals surface area contributed by atoms with E-state index in [2.05, 4.69) is 5.32 Å². The predicted octanol–water partition coefficient (Wildman–Crippen LogP) is 1.63. The van der Waals surface area contributed by atoms with Gasteiger partial charge < -0.3 is 10.2 Å². The zero-order valence-corrected chi connectivity index (χ0v) is 9.79. The molecule has 3 nitrogen and oxygen atoms in total. The summed E-state index contributed by atoms with van der Waals surface area (Å²) in [6.45, 7) is 2.36. The van der Waals surface area contributed by atoms with Gasteiger partial charge in [-0.05, 0) is 24.5 Å². The average Bonchev–Trinajstić information content (AvgIpc) is 2.92. The molecule has 2 atom stereocenters. The lowest BCUT2D eigenvalue weighted by Crippen LogP contribution is -2.35. The first-order chi connectivity index (χ1) is 8.70. The molecule has 0 unspecified atom stereocenters. The number of nitrogens with one attached hydrogen (secondary N) is 1. The van der Waals surface area contributed by atoms with Crippen LogP contribution in [0.25, 0.3) is 0 Å². The first-order valence-corrected chi connectivity index (χ1v) is 6.07. The Morgan fingerprint density at radius 3 is 2.67 bits per heavy atom. The maximum atomic E-state index is 14.0. The summed E-state index contributed by atoms with van der Waals surface area (Å²) >= 11 is 0. The molecule has 2 aliphatic heterocycles. The fourth-order valence-corrected chi connectivity index (χ4v) is 3.03. The van der Waals surface area contributed by atoms with E-state index in [-0.39, 0.29) is 17.3 Å². The highest BCUT2D eigenvalue weighted by Gasteiger charge is 2.39. The van der Waals surface area contributed by atoms with Gasteiger partial charge in [0.1, 0.15) is 5.69 Å². The monoisotopic (exact) mass is 249 g/mol.